The van der Waals surface area contributed by atoms with Crippen molar-refractivity contribution in [2.24, 2.45) is 12.2 Å². The van der Waals surface area contributed by atoms with E-state index in [1.165, 1.54) is 21.4 Å². The summed E-state index contributed by atoms with van der Waals surface area (Å²) in [6.45, 7) is 3.10. The van der Waals surface area contributed by atoms with E-state index in [2.05, 4.69) is 15.2 Å². The number of morpholine rings is 1. The summed E-state index contributed by atoms with van der Waals surface area (Å²) in [6.07, 6.45) is 3.37. The van der Waals surface area contributed by atoms with Crippen LogP contribution < -0.4 is 4.90 Å². The largest absolute Gasteiger partial charge is 0.378 e. The molecule has 0 bridgehead atoms. The number of ether oxygens (including phenoxy) is 1. The molecule has 1 saturated heterocycles. The Morgan fingerprint density at radius 2 is 1.82 bits per heavy atom. The van der Waals surface area contributed by atoms with Crippen LogP contribution in [0, 0.1) is 4.91 Å². The van der Waals surface area contributed by atoms with Gasteiger partial charge in [0.15, 0.2) is 5.82 Å². The zero-order chi connectivity index (χ0) is 23.0. The first-order valence-corrected chi connectivity index (χ1v) is 12.0. The van der Waals surface area contributed by atoms with Gasteiger partial charge in [-0.2, -0.15) is 9.40 Å². The quantitative estimate of drug-likeness (QED) is 0.519. The van der Waals surface area contributed by atoms with E-state index in [4.69, 9.17) is 14.7 Å². The van der Waals surface area contributed by atoms with E-state index in [0.29, 0.717) is 56.5 Å². The van der Waals surface area contributed by atoms with Gasteiger partial charge in [0.25, 0.3) is 0 Å². The molecule has 2 aliphatic heterocycles. The summed E-state index contributed by atoms with van der Waals surface area (Å²) in [5.41, 5.74) is 2.69. The highest BCUT2D eigenvalue weighted by molar-refractivity contribution is 7.89. The molecule has 0 unspecified atom stereocenters. The zero-order valence-electron chi connectivity index (χ0n) is 18.1. The summed E-state index contributed by atoms with van der Waals surface area (Å²) in [6, 6.07) is 6.71. The molecule has 1 fully saturated rings. The molecule has 0 amide bonds. The van der Waals surface area contributed by atoms with Crippen molar-refractivity contribution < 1.29 is 13.2 Å². The molecule has 33 heavy (non-hydrogen) atoms. The first-order valence-electron chi connectivity index (χ1n) is 10.6. The SMILES string of the molecule is Cn1cc(S(=O)(=O)N2CCc3c(nc(-c4ccc(N=O)cc4)nc3N3CCOCC3)C2)cn1. The van der Waals surface area contributed by atoms with E-state index in [1.807, 2.05) is 0 Å². The molecule has 3 aromatic rings. The summed E-state index contributed by atoms with van der Waals surface area (Å²) in [5, 5.41) is 6.94. The number of hydrogen-bond donors (Lipinski definition) is 0. The van der Waals surface area contributed by atoms with Gasteiger partial charge in [0.2, 0.25) is 10.0 Å². The molecule has 0 saturated carbocycles. The minimum Gasteiger partial charge on any atom is -0.378 e. The van der Waals surface area contributed by atoms with Gasteiger partial charge < -0.3 is 9.64 Å². The van der Waals surface area contributed by atoms with Gasteiger partial charge >= 0.3 is 0 Å². The number of sulfonamides is 1. The highest BCUT2D eigenvalue weighted by Crippen LogP contribution is 2.32. The molecular formula is C21H23N7O4S. The minimum absolute atomic E-state index is 0.146. The Bertz CT molecular complexity index is 1280. The number of benzene rings is 1. The second kappa shape index (κ2) is 8.61. The van der Waals surface area contributed by atoms with Crippen molar-refractivity contribution >= 4 is 21.5 Å². The standard InChI is InChI=1S/C21H23N7O4S/c1-26-13-17(12-22-26)33(30,31)28-7-6-18-19(14-28)23-20(15-2-4-16(25-29)5-3-15)24-21(18)27-8-10-32-11-9-27/h2-5,12-13H,6-11,14H2,1H3. The Hall–Kier alpha value is -3.22. The number of fused-ring (bicyclic) bond motifs is 1. The lowest BCUT2D eigenvalue weighted by Crippen LogP contribution is -2.40. The van der Waals surface area contributed by atoms with Crippen LogP contribution in [0.5, 0.6) is 0 Å². The number of nitroso groups, excluding NO2 is 1. The van der Waals surface area contributed by atoms with Crippen molar-refractivity contribution in [3.05, 3.63) is 52.8 Å². The molecule has 4 heterocycles. The molecule has 5 rings (SSSR count). The fourth-order valence-electron chi connectivity index (χ4n) is 4.11. The van der Waals surface area contributed by atoms with Crippen molar-refractivity contribution in [2.45, 2.75) is 17.9 Å². The van der Waals surface area contributed by atoms with Gasteiger partial charge in [-0.15, -0.1) is 4.91 Å². The minimum atomic E-state index is -3.70. The molecule has 0 radical (unpaired) electrons. The monoisotopic (exact) mass is 469 g/mol. The topological polar surface area (TPSA) is 123 Å². The predicted octanol–water partition coefficient (Wildman–Crippen LogP) is 1.86. The number of hydrogen-bond acceptors (Lipinski definition) is 9. The van der Waals surface area contributed by atoms with Crippen molar-refractivity contribution in [3.8, 4) is 11.4 Å². The number of anilines is 1. The first-order chi connectivity index (χ1) is 16.0. The summed E-state index contributed by atoms with van der Waals surface area (Å²) in [7, 11) is -2.01. The van der Waals surface area contributed by atoms with Crippen molar-refractivity contribution in [3.63, 3.8) is 0 Å². The molecule has 1 aromatic carbocycles. The van der Waals surface area contributed by atoms with Crippen molar-refractivity contribution in [1.29, 1.82) is 0 Å². The van der Waals surface area contributed by atoms with E-state index in [1.54, 1.807) is 31.3 Å². The molecular weight excluding hydrogens is 446 g/mol. The highest BCUT2D eigenvalue weighted by Gasteiger charge is 2.33. The van der Waals surface area contributed by atoms with Gasteiger partial charge in [-0.1, -0.05) is 0 Å². The Morgan fingerprint density at radius 3 is 2.48 bits per heavy atom. The third-order valence-electron chi connectivity index (χ3n) is 5.87. The highest BCUT2D eigenvalue weighted by atomic mass is 32.2. The maximum Gasteiger partial charge on any atom is 0.246 e. The van der Waals surface area contributed by atoms with Gasteiger partial charge in [0, 0.05) is 44.0 Å². The van der Waals surface area contributed by atoms with Crippen LogP contribution in [0.4, 0.5) is 11.5 Å². The van der Waals surface area contributed by atoms with Crippen LogP contribution in [0.1, 0.15) is 11.3 Å². The third-order valence-corrected chi connectivity index (χ3v) is 7.67. The lowest BCUT2D eigenvalue weighted by atomic mass is 10.1. The molecule has 11 nitrogen and oxygen atoms in total. The number of aryl methyl sites for hydroxylation is 1. The van der Waals surface area contributed by atoms with Crippen molar-refractivity contribution in [1.82, 2.24) is 24.1 Å². The molecule has 0 atom stereocenters. The van der Waals surface area contributed by atoms with Gasteiger partial charge in [-0.25, -0.2) is 18.4 Å². The molecule has 0 aliphatic carbocycles. The second-order valence-electron chi connectivity index (χ2n) is 7.97. The Balaban J connectivity index is 1.56. The fourth-order valence-corrected chi connectivity index (χ4v) is 5.50. The number of aromatic nitrogens is 4. The number of nitrogens with zero attached hydrogens (tertiary/aromatic N) is 7. The fraction of sp³-hybridized carbons (Fsp3) is 0.381. The van der Waals surface area contributed by atoms with Crippen LogP contribution in [-0.4, -0.2) is 65.3 Å². The van der Waals surface area contributed by atoms with Crippen LogP contribution in [-0.2, 0) is 34.8 Å². The summed E-state index contributed by atoms with van der Waals surface area (Å²) >= 11 is 0. The maximum absolute atomic E-state index is 13.2. The molecule has 172 valence electrons. The lowest BCUT2D eigenvalue weighted by molar-refractivity contribution is 0.122. The van der Waals surface area contributed by atoms with Crippen LogP contribution in [0.15, 0.2) is 46.7 Å². The van der Waals surface area contributed by atoms with E-state index >= 15 is 0 Å². The molecule has 12 heteroatoms. The Kier molecular flexibility index (Phi) is 5.64. The van der Waals surface area contributed by atoms with E-state index in [-0.39, 0.29) is 11.4 Å². The summed E-state index contributed by atoms with van der Waals surface area (Å²) < 4.78 is 34.8. The van der Waals surface area contributed by atoms with E-state index < -0.39 is 10.0 Å². The lowest BCUT2D eigenvalue weighted by Gasteiger charge is -2.33. The molecule has 0 spiro atoms. The van der Waals surface area contributed by atoms with Gasteiger partial charge in [-0.05, 0) is 35.9 Å². The summed E-state index contributed by atoms with van der Waals surface area (Å²) in [5.74, 6) is 1.29. The van der Waals surface area contributed by atoms with E-state index in [9.17, 15) is 13.3 Å². The van der Waals surface area contributed by atoms with Gasteiger partial charge in [-0.3, -0.25) is 4.68 Å². The Labute approximate surface area is 191 Å². The van der Waals surface area contributed by atoms with Gasteiger partial charge in [0.05, 0.1) is 31.6 Å². The molecule has 0 N–H and O–H groups in total. The smallest absolute Gasteiger partial charge is 0.246 e. The normalized spacial score (nSPS) is 17.1. The summed E-state index contributed by atoms with van der Waals surface area (Å²) in [4.78, 5) is 22.7. The number of rotatable bonds is 5. The van der Waals surface area contributed by atoms with Crippen LogP contribution in [0.3, 0.4) is 0 Å². The Morgan fingerprint density at radius 1 is 1.06 bits per heavy atom. The zero-order valence-corrected chi connectivity index (χ0v) is 18.9. The maximum atomic E-state index is 13.2. The molecule has 2 aliphatic rings. The van der Waals surface area contributed by atoms with Crippen LogP contribution in [0.25, 0.3) is 11.4 Å². The van der Waals surface area contributed by atoms with Crippen LogP contribution >= 0.6 is 0 Å². The van der Waals surface area contributed by atoms with Crippen LogP contribution in [0.2, 0.25) is 0 Å². The average Bonchev–Trinajstić information content (AvgIpc) is 3.30. The first kappa shape index (κ1) is 21.6. The third kappa shape index (κ3) is 4.12. The molecule has 2 aromatic heterocycles. The second-order valence-corrected chi connectivity index (χ2v) is 9.91. The van der Waals surface area contributed by atoms with E-state index in [0.717, 1.165) is 16.9 Å². The average molecular weight is 470 g/mol. The predicted molar refractivity (Wildman–Crippen MR) is 120 cm³/mol. The van der Waals surface area contributed by atoms with Gasteiger partial charge in [0.1, 0.15) is 16.4 Å². The van der Waals surface area contributed by atoms with Crippen molar-refractivity contribution in [2.75, 3.05) is 37.7 Å².